The lowest BCUT2D eigenvalue weighted by atomic mass is 10.1. The van der Waals surface area contributed by atoms with Crippen molar-refractivity contribution in [3.05, 3.63) is 28.8 Å². The second-order valence-corrected chi connectivity index (χ2v) is 5.31. The van der Waals surface area contributed by atoms with Gasteiger partial charge in [-0.2, -0.15) is 0 Å². The molecule has 0 spiro atoms. The van der Waals surface area contributed by atoms with Gasteiger partial charge in [0.05, 0.1) is 11.6 Å². The van der Waals surface area contributed by atoms with Crippen LogP contribution in [0.5, 0.6) is 5.75 Å². The molecule has 108 valence electrons. The number of hydrogen-bond acceptors (Lipinski definition) is 3. The Kier molecular flexibility index (Phi) is 7.87. The number of nitrogens with one attached hydrogen (secondary N) is 1. The predicted octanol–water partition coefficient (Wildman–Crippen LogP) is 3.50. The molecule has 3 nitrogen and oxygen atoms in total. The van der Waals surface area contributed by atoms with Crippen molar-refractivity contribution in [3.8, 4) is 5.75 Å². The largest absolute Gasteiger partial charge is 0.489 e. The van der Waals surface area contributed by atoms with E-state index in [0.717, 1.165) is 30.9 Å². The lowest BCUT2D eigenvalue weighted by molar-refractivity contribution is 0.0923. The van der Waals surface area contributed by atoms with Gasteiger partial charge in [0.25, 0.3) is 0 Å². The topological polar surface area (TPSA) is 30.5 Å². The maximum absolute atomic E-state index is 6.15. The van der Waals surface area contributed by atoms with Crippen molar-refractivity contribution in [1.82, 2.24) is 5.32 Å². The molecule has 0 aliphatic carbocycles. The average molecular weight is 286 g/mol. The second kappa shape index (κ2) is 9.18. The molecule has 19 heavy (non-hydrogen) atoms. The summed E-state index contributed by atoms with van der Waals surface area (Å²) in [5.74, 6) is 1.43. The molecule has 1 N–H and O–H groups in total. The first kappa shape index (κ1) is 16.3. The molecular weight excluding hydrogens is 262 g/mol. The summed E-state index contributed by atoms with van der Waals surface area (Å²) in [5.41, 5.74) is 1.07. The van der Waals surface area contributed by atoms with Gasteiger partial charge in [0.1, 0.15) is 12.4 Å². The van der Waals surface area contributed by atoms with Crippen LogP contribution in [0.4, 0.5) is 0 Å². The standard InChI is InChI=1S/C15H24ClNO2/c1-12(2)7-8-18-9-10-19-15-13(11-17-3)5-4-6-14(15)16/h4-6,12,17H,7-11H2,1-3H3. The van der Waals surface area contributed by atoms with E-state index in [-0.39, 0.29) is 0 Å². The first-order valence-electron chi connectivity index (χ1n) is 6.77. The molecule has 1 aromatic carbocycles. The summed E-state index contributed by atoms with van der Waals surface area (Å²) in [5, 5.41) is 3.75. The summed E-state index contributed by atoms with van der Waals surface area (Å²) >= 11 is 6.15. The highest BCUT2D eigenvalue weighted by atomic mass is 35.5. The molecular formula is C15H24ClNO2. The molecule has 0 aliphatic heterocycles. The van der Waals surface area contributed by atoms with E-state index in [4.69, 9.17) is 21.1 Å². The molecule has 0 atom stereocenters. The first-order valence-corrected chi connectivity index (χ1v) is 7.15. The highest BCUT2D eigenvalue weighted by molar-refractivity contribution is 6.32. The van der Waals surface area contributed by atoms with Crippen LogP contribution in [0.3, 0.4) is 0 Å². The normalized spacial score (nSPS) is 11.0. The third-order valence-corrected chi connectivity index (χ3v) is 3.03. The minimum Gasteiger partial charge on any atom is -0.489 e. The summed E-state index contributed by atoms with van der Waals surface area (Å²) in [7, 11) is 1.90. The lowest BCUT2D eigenvalue weighted by Gasteiger charge is -2.13. The molecule has 0 amide bonds. The molecule has 0 bridgehead atoms. The molecule has 0 aliphatic rings. The van der Waals surface area contributed by atoms with Gasteiger partial charge in [0, 0.05) is 18.7 Å². The van der Waals surface area contributed by atoms with E-state index >= 15 is 0 Å². The predicted molar refractivity (Wildman–Crippen MR) is 80.0 cm³/mol. The summed E-state index contributed by atoms with van der Waals surface area (Å²) in [6, 6.07) is 5.79. The molecule has 0 aromatic heterocycles. The zero-order valence-corrected chi connectivity index (χ0v) is 12.8. The van der Waals surface area contributed by atoms with E-state index in [2.05, 4.69) is 19.2 Å². The van der Waals surface area contributed by atoms with Crippen LogP contribution in [0, 0.1) is 5.92 Å². The van der Waals surface area contributed by atoms with Gasteiger partial charge in [-0.05, 0) is 25.5 Å². The molecule has 1 rings (SSSR count). The highest BCUT2D eigenvalue weighted by Crippen LogP contribution is 2.28. The fourth-order valence-corrected chi connectivity index (χ4v) is 1.92. The van der Waals surface area contributed by atoms with Crippen molar-refractivity contribution in [2.75, 3.05) is 26.9 Å². The van der Waals surface area contributed by atoms with E-state index in [1.165, 1.54) is 0 Å². The Bertz CT molecular complexity index is 369. The van der Waals surface area contributed by atoms with Gasteiger partial charge < -0.3 is 14.8 Å². The van der Waals surface area contributed by atoms with Crippen molar-refractivity contribution in [1.29, 1.82) is 0 Å². The Balaban J connectivity index is 2.36. The van der Waals surface area contributed by atoms with E-state index in [0.29, 0.717) is 24.2 Å². The SMILES string of the molecule is CNCc1cccc(Cl)c1OCCOCCC(C)C. The van der Waals surface area contributed by atoms with E-state index in [9.17, 15) is 0 Å². The minimum atomic E-state index is 0.526. The third-order valence-electron chi connectivity index (χ3n) is 2.73. The summed E-state index contributed by atoms with van der Waals surface area (Å²) < 4.78 is 11.3. The van der Waals surface area contributed by atoms with Crippen molar-refractivity contribution >= 4 is 11.6 Å². The quantitative estimate of drug-likeness (QED) is 0.705. The lowest BCUT2D eigenvalue weighted by Crippen LogP contribution is -2.12. The van der Waals surface area contributed by atoms with Gasteiger partial charge in [-0.15, -0.1) is 0 Å². The Morgan fingerprint density at radius 1 is 1.21 bits per heavy atom. The van der Waals surface area contributed by atoms with Crippen LogP contribution in [0.25, 0.3) is 0 Å². The van der Waals surface area contributed by atoms with Crippen LogP contribution in [-0.4, -0.2) is 26.9 Å². The molecule has 0 heterocycles. The van der Waals surface area contributed by atoms with E-state index in [1.54, 1.807) is 0 Å². The fourth-order valence-electron chi connectivity index (χ4n) is 1.67. The van der Waals surface area contributed by atoms with Gasteiger partial charge in [-0.25, -0.2) is 0 Å². The number of benzene rings is 1. The molecule has 0 saturated heterocycles. The Morgan fingerprint density at radius 3 is 2.68 bits per heavy atom. The van der Waals surface area contributed by atoms with Crippen molar-refractivity contribution in [2.45, 2.75) is 26.8 Å². The van der Waals surface area contributed by atoms with Crippen LogP contribution in [0.15, 0.2) is 18.2 Å². The molecule has 0 unspecified atom stereocenters. The van der Waals surface area contributed by atoms with Gasteiger partial charge >= 0.3 is 0 Å². The van der Waals surface area contributed by atoms with Gasteiger partial charge in [0.2, 0.25) is 0 Å². The number of para-hydroxylation sites is 1. The van der Waals surface area contributed by atoms with Gasteiger partial charge in [0.15, 0.2) is 0 Å². The van der Waals surface area contributed by atoms with Crippen molar-refractivity contribution in [3.63, 3.8) is 0 Å². The maximum atomic E-state index is 6.15. The Labute approximate surface area is 121 Å². The molecule has 0 fully saturated rings. The molecule has 0 radical (unpaired) electrons. The first-order chi connectivity index (χ1) is 9.15. The van der Waals surface area contributed by atoms with Crippen LogP contribution >= 0.6 is 11.6 Å². The van der Waals surface area contributed by atoms with E-state index < -0.39 is 0 Å². The van der Waals surface area contributed by atoms with Crippen molar-refractivity contribution in [2.24, 2.45) is 5.92 Å². The molecule has 0 saturated carbocycles. The van der Waals surface area contributed by atoms with Gasteiger partial charge in [-0.1, -0.05) is 37.6 Å². The molecule has 4 heteroatoms. The third kappa shape index (κ3) is 6.28. The fraction of sp³-hybridized carbons (Fsp3) is 0.600. The Hall–Kier alpha value is -0.770. The van der Waals surface area contributed by atoms with Crippen LogP contribution in [-0.2, 0) is 11.3 Å². The summed E-state index contributed by atoms with van der Waals surface area (Å²) in [6.45, 7) is 7.02. The maximum Gasteiger partial charge on any atom is 0.142 e. The number of halogens is 1. The number of ether oxygens (including phenoxy) is 2. The van der Waals surface area contributed by atoms with E-state index in [1.807, 2.05) is 25.2 Å². The highest BCUT2D eigenvalue weighted by Gasteiger charge is 2.07. The monoisotopic (exact) mass is 285 g/mol. The Morgan fingerprint density at radius 2 is 2.00 bits per heavy atom. The smallest absolute Gasteiger partial charge is 0.142 e. The number of hydrogen-bond donors (Lipinski definition) is 1. The minimum absolute atomic E-state index is 0.526. The van der Waals surface area contributed by atoms with Gasteiger partial charge in [-0.3, -0.25) is 0 Å². The van der Waals surface area contributed by atoms with Crippen LogP contribution in [0.1, 0.15) is 25.8 Å². The zero-order chi connectivity index (χ0) is 14.1. The average Bonchev–Trinajstić information content (AvgIpc) is 2.36. The van der Waals surface area contributed by atoms with Crippen molar-refractivity contribution < 1.29 is 9.47 Å². The zero-order valence-electron chi connectivity index (χ0n) is 12.0. The molecule has 1 aromatic rings. The number of rotatable bonds is 9. The second-order valence-electron chi connectivity index (χ2n) is 4.90. The van der Waals surface area contributed by atoms with Crippen LogP contribution < -0.4 is 10.1 Å². The summed E-state index contributed by atoms with van der Waals surface area (Å²) in [6.07, 6.45) is 1.08. The summed E-state index contributed by atoms with van der Waals surface area (Å²) in [4.78, 5) is 0. The van der Waals surface area contributed by atoms with Crippen LogP contribution in [0.2, 0.25) is 5.02 Å².